The zero-order valence-corrected chi connectivity index (χ0v) is 8.46. The highest BCUT2D eigenvalue weighted by Gasteiger charge is 2.64. The minimum absolute atomic E-state index is 0.132. The lowest BCUT2D eigenvalue weighted by Gasteiger charge is -2.63. The maximum atomic E-state index is 11.8. The van der Waals surface area contributed by atoms with E-state index in [0.29, 0.717) is 5.91 Å². The normalized spacial score (nSPS) is 58.7. The Morgan fingerprint density at radius 2 is 1.57 bits per heavy atom. The molecule has 1 saturated heterocycles. The van der Waals surface area contributed by atoms with E-state index >= 15 is 0 Å². The second-order valence-corrected chi connectivity index (χ2v) is 6.03. The van der Waals surface area contributed by atoms with Gasteiger partial charge in [0.1, 0.15) is 0 Å². The first kappa shape index (κ1) is 7.72. The topological polar surface area (TPSA) is 29.1 Å². The zero-order valence-electron chi connectivity index (χ0n) is 8.46. The van der Waals surface area contributed by atoms with Gasteiger partial charge in [-0.15, -0.1) is 0 Å². The van der Waals surface area contributed by atoms with Crippen LogP contribution in [0.5, 0.6) is 0 Å². The van der Waals surface area contributed by atoms with Gasteiger partial charge in [0.25, 0.3) is 0 Å². The van der Waals surface area contributed by atoms with Crippen LogP contribution in [0.3, 0.4) is 0 Å². The van der Waals surface area contributed by atoms with Crippen molar-refractivity contribution in [3.05, 3.63) is 0 Å². The molecule has 4 saturated carbocycles. The van der Waals surface area contributed by atoms with Crippen LogP contribution in [0.1, 0.15) is 32.1 Å². The van der Waals surface area contributed by atoms with Gasteiger partial charge in [-0.25, -0.2) is 0 Å². The number of rotatable bonds is 0. The molecule has 14 heavy (non-hydrogen) atoms. The molecule has 0 radical (unpaired) electrons. The molecular weight excluding hydrogens is 174 g/mol. The van der Waals surface area contributed by atoms with Crippen molar-refractivity contribution in [1.29, 1.82) is 0 Å². The van der Waals surface area contributed by atoms with Gasteiger partial charge < -0.3 is 5.32 Å². The van der Waals surface area contributed by atoms with Crippen LogP contribution in [0.15, 0.2) is 0 Å². The summed E-state index contributed by atoms with van der Waals surface area (Å²) in [5.74, 6) is 3.87. The molecule has 1 N–H and O–H groups in total. The molecule has 1 amide bonds. The van der Waals surface area contributed by atoms with Crippen molar-refractivity contribution >= 4 is 5.91 Å². The molecule has 0 aromatic heterocycles. The van der Waals surface area contributed by atoms with Gasteiger partial charge in [0.05, 0.1) is 5.41 Å². The fourth-order valence-electron chi connectivity index (χ4n) is 5.05. The molecule has 4 bridgehead atoms. The molecule has 1 heterocycles. The lowest BCUT2D eigenvalue weighted by Crippen LogP contribution is -2.70. The second kappa shape index (κ2) is 2.17. The highest BCUT2D eigenvalue weighted by Crippen LogP contribution is 2.63. The monoisotopic (exact) mass is 191 g/mol. The minimum Gasteiger partial charge on any atom is -0.354 e. The smallest absolute Gasteiger partial charge is 0.228 e. The van der Waals surface area contributed by atoms with E-state index in [4.69, 9.17) is 0 Å². The summed E-state index contributed by atoms with van der Waals surface area (Å²) in [4.78, 5) is 11.8. The molecule has 0 atom stereocenters. The van der Waals surface area contributed by atoms with Crippen molar-refractivity contribution in [2.24, 2.45) is 29.1 Å². The number of β-lactam (4-membered cyclic amide) rings is 1. The first-order valence-corrected chi connectivity index (χ1v) is 6.07. The van der Waals surface area contributed by atoms with Crippen molar-refractivity contribution in [1.82, 2.24) is 5.32 Å². The van der Waals surface area contributed by atoms with Crippen LogP contribution in [-0.2, 0) is 4.79 Å². The molecule has 1 spiro atoms. The number of nitrogens with one attached hydrogen (secondary N) is 1. The van der Waals surface area contributed by atoms with Gasteiger partial charge in [-0.2, -0.15) is 0 Å². The predicted octanol–water partition coefficient (Wildman–Crippen LogP) is 1.56. The molecule has 1 aliphatic heterocycles. The second-order valence-electron chi connectivity index (χ2n) is 6.03. The maximum absolute atomic E-state index is 11.8. The van der Waals surface area contributed by atoms with Crippen molar-refractivity contribution in [2.45, 2.75) is 32.1 Å². The molecule has 5 fully saturated rings. The Balaban J connectivity index is 1.77. The van der Waals surface area contributed by atoms with Crippen LogP contribution in [0.25, 0.3) is 0 Å². The summed E-state index contributed by atoms with van der Waals surface area (Å²) in [5, 5.41) is 2.99. The SMILES string of the molecule is O=C1NCC12C1CC3CC(C1)CC2C3. The van der Waals surface area contributed by atoms with Gasteiger partial charge >= 0.3 is 0 Å². The van der Waals surface area contributed by atoms with Crippen molar-refractivity contribution in [2.75, 3.05) is 6.54 Å². The number of hydrogen-bond acceptors (Lipinski definition) is 1. The van der Waals surface area contributed by atoms with E-state index in [9.17, 15) is 4.79 Å². The third-order valence-electron chi connectivity index (χ3n) is 5.56. The van der Waals surface area contributed by atoms with E-state index < -0.39 is 0 Å². The van der Waals surface area contributed by atoms with Crippen LogP contribution in [0.4, 0.5) is 0 Å². The summed E-state index contributed by atoms with van der Waals surface area (Å²) in [5.41, 5.74) is 0.132. The first-order chi connectivity index (χ1) is 6.79. The number of carbonyl (C=O) groups excluding carboxylic acids is 1. The summed E-state index contributed by atoms with van der Waals surface area (Å²) >= 11 is 0. The van der Waals surface area contributed by atoms with E-state index in [1.54, 1.807) is 0 Å². The molecule has 76 valence electrons. The highest BCUT2D eigenvalue weighted by molar-refractivity contribution is 5.89. The molecule has 0 aromatic rings. The quantitative estimate of drug-likeness (QED) is 0.578. The van der Waals surface area contributed by atoms with E-state index in [-0.39, 0.29) is 5.41 Å². The summed E-state index contributed by atoms with van der Waals surface area (Å²) in [6.45, 7) is 1.00. The molecule has 0 aromatic carbocycles. The van der Waals surface area contributed by atoms with Crippen molar-refractivity contribution in [3.63, 3.8) is 0 Å². The summed E-state index contributed by atoms with van der Waals surface area (Å²) in [6.07, 6.45) is 6.92. The minimum atomic E-state index is 0.132. The Morgan fingerprint density at radius 3 is 1.93 bits per heavy atom. The molecule has 5 rings (SSSR count). The van der Waals surface area contributed by atoms with E-state index in [1.807, 2.05) is 0 Å². The van der Waals surface area contributed by atoms with Gasteiger partial charge in [-0.05, 0) is 55.8 Å². The van der Waals surface area contributed by atoms with Crippen LogP contribution in [-0.4, -0.2) is 12.5 Å². The Labute approximate surface area is 84.4 Å². The van der Waals surface area contributed by atoms with Gasteiger partial charge in [0.15, 0.2) is 0 Å². The summed E-state index contributed by atoms with van der Waals surface area (Å²) in [7, 11) is 0. The number of amides is 1. The van der Waals surface area contributed by atoms with Crippen LogP contribution < -0.4 is 5.32 Å². The van der Waals surface area contributed by atoms with Crippen LogP contribution >= 0.6 is 0 Å². The zero-order chi connectivity index (χ0) is 9.34. The average Bonchev–Trinajstić information content (AvgIpc) is 2.14. The standard InChI is InChI=1S/C12H17NO/c14-11-12(6-13-11)9-2-7-1-8(4-9)5-10(12)3-7/h7-10H,1-6H2,(H,13,14). The third kappa shape index (κ3) is 0.665. The Bertz CT molecular complexity index is 281. The first-order valence-electron chi connectivity index (χ1n) is 6.07. The van der Waals surface area contributed by atoms with E-state index in [0.717, 1.165) is 30.2 Å². The van der Waals surface area contributed by atoms with Gasteiger partial charge in [0.2, 0.25) is 5.91 Å². The Hall–Kier alpha value is -0.530. The molecule has 2 nitrogen and oxygen atoms in total. The van der Waals surface area contributed by atoms with E-state index in [1.165, 1.54) is 32.1 Å². The Morgan fingerprint density at radius 1 is 1.00 bits per heavy atom. The largest absolute Gasteiger partial charge is 0.354 e. The van der Waals surface area contributed by atoms with Gasteiger partial charge in [-0.1, -0.05) is 0 Å². The van der Waals surface area contributed by atoms with Gasteiger partial charge in [-0.3, -0.25) is 4.79 Å². The molecule has 4 aliphatic carbocycles. The lowest BCUT2D eigenvalue weighted by atomic mass is 9.43. The maximum Gasteiger partial charge on any atom is 0.228 e. The third-order valence-corrected chi connectivity index (χ3v) is 5.56. The molecular formula is C12H17NO. The molecule has 0 unspecified atom stereocenters. The van der Waals surface area contributed by atoms with Crippen molar-refractivity contribution in [3.8, 4) is 0 Å². The van der Waals surface area contributed by atoms with Crippen LogP contribution in [0, 0.1) is 29.1 Å². The van der Waals surface area contributed by atoms with Crippen LogP contribution in [0.2, 0.25) is 0 Å². The fraction of sp³-hybridized carbons (Fsp3) is 0.917. The number of carbonyl (C=O) groups is 1. The molecule has 2 heteroatoms. The predicted molar refractivity (Wildman–Crippen MR) is 52.5 cm³/mol. The summed E-state index contributed by atoms with van der Waals surface area (Å²) in [6, 6.07) is 0. The summed E-state index contributed by atoms with van der Waals surface area (Å²) < 4.78 is 0. The fourth-order valence-corrected chi connectivity index (χ4v) is 5.05. The van der Waals surface area contributed by atoms with E-state index in [2.05, 4.69) is 5.32 Å². The average molecular weight is 191 g/mol. The van der Waals surface area contributed by atoms with Gasteiger partial charge in [0, 0.05) is 6.54 Å². The lowest BCUT2D eigenvalue weighted by molar-refractivity contribution is -0.175. The number of hydrogen-bond donors (Lipinski definition) is 1. The highest BCUT2D eigenvalue weighted by atomic mass is 16.2. The molecule has 5 aliphatic rings. The Kier molecular flexibility index (Phi) is 1.20. The van der Waals surface area contributed by atoms with Crippen molar-refractivity contribution < 1.29 is 4.79 Å².